The summed E-state index contributed by atoms with van der Waals surface area (Å²) in [7, 11) is 0. The van der Waals surface area contributed by atoms with Gasteiger partial charge in [0.05, 0.1) is 25.1 Å². The van der Waals surface area contributed by atoms with Crippen molar-refractivity contribution in [2.45, 2.75) is 39.0 Å². The Morgan fingerprint density at radius 3 is 2.64 bits per heavy atom. The second-order valence-corrected chi connectivity index (χ2v) is 9.87. The number of aromatic nitrogens is 2. The summed E-state index contributed by atoms with van der Waals surface area (Å²) in [5.74, 6) is 1.89. The summed E-state index contributed by atoms with van der Waals surface area (Å²) < 4.78 is 5.61. The summed E-state index contributed by atoms with van der Waals surface area (Å²) in [5, 5.41) is 4.79. The van der Waals surface area contributed by atoms with Crippen LogP contribution in [0.1, 0.15) is 30.1 Å². The van der Waals surface area contributed by atoms with Gasteiger partial charge in [-0.25, -0.2) is 9.97 Å². The molecule has 0 atom stereocenters. The van der Waals surface area contributed by atoms with Crippen LogP contribution < -0.4 is 5.32 Å². The molecule has 1 aliphatic heterocycles. The number of anilines is 1. The third-order valence-electron chi connectivity index (χ3n) is 4.78. The Labute approximate surface area is 158 Å². The lowest BCUT2D eigenvalue weighted by atomic mass is 10.2. The van der Waals surface area contributed by atoms with Crippen molar-refractivity contribution >= 4 is 39.1 Å². The van der Waals surface area contributed by atoms with Crippen LogP contribution in [0.2, 0.25) is 0 Å². The fourth-order valence-corrected chi connectivity index (χ4v) is 4.08. The number of morpholine rings is 1. The molecule has 138 valence electrons. The van der Waals surface area contributed by atoms with Gasteiger partial charge in [-0.2, -0.15) is 11.8 Å². The van der Waals surface area contributed by atoms with Crippen molar-refractivity contribution in [2.75, 3.05) is 44.4 Å². The van der Waals surface area contributed by atoms with E-state index in [0.29, 0.717) is 0 Å². The van der Waals surface area contributed by atoms with Crippen molar-refractivity contribution in [3.63, 3.8) is 0 Å². The van der Waals surface area contributed by atoms with Crippen LogP contribution in [0.5, 0.6) is 0 Å². The van der Waals surface area contributed by atoms with Crippen LogP contribution in [0.4, 0.5) is 5.82 Å². The van der Waals surface area contributed by atoms with Crippen molar-refractivity contribution in [2.24, 2.45) is 0 Å². The second-order valence-electron chi connectivity index (χ2n) is 7.16. The molecule has 0 bridgehead atoms. The van der Waals surface area contributed by atoms with E-state index in [9.17, 15) is 0 Å². The fourth-order valence-electron chi connectivity index (χ4n) is 2.82. The molecule has 5 nitrogen and oxygen atoms in total. The second kappa shape index (κ2) is 7.78. The number of thioether (sulfide) groups is 1. The molecule has 0 aromatic carbocycles. The molecule has 2 aromatic heterocycles. The van der Waals surface area contributed by atoms with Gasteiger partial charge in [-0.3, -0.25) is 4.90 Å². The number of thiophene rings is 1. The van der Waals surface area contributed by atoms with E-state index in [0.717, 1.165) is 55.9 Å². The highest BCUT2D eigenvalue weighted by Crippen LogP contribution is 2.34. The van der Waals surface area contributed by atoms with E-state index in [2.05, 4.69) is 44.2 Å². The minimum atomic E-state index is 0.167. The Bertz CT molecular complexity index is 738. The van der Waals surface area contributed by atoms with E-state index in [1.807, 2.05) is 11.8 Å². The van der Waals surface area contributed by atoms with Gasteiger partial charge in [0.2, 0.25) is 0 Å². The standard InChI is InChI=1S/C18H28N4OS2/c1-12-13(2)25-17-15(12)16(19-11-18(3,4)24-5)20-14(21-17)10-22-6-8-23-9-7-22/h6-11H2,1-5H3,(H,19,20,21). The molecule has 0 saturated carbocycles. The Hall–Kier alpha value is -0.890. The van der Waals surface area contributed by atoms with Gasteiger partial charge in [0.1, 0.15) is 16.5 Å². The number of aryl methyl sites for hydroxylation is 2. The van der Waals surface area contributed by atoms with Crippen molar-refractivity contribution < 1.29 is 4.74 Å². The number of hydrogen-bond donors (Lipinski definition) is 1. The van der Waals surface area contributed by atoms with Gasteiger partial charge in [-0.15, -0.1) is 11.3 Å². The first-order valence-corrected chi connectivity index (χ1v) is 10.8. The molecule has 1 saturated heterocycles. The van der Waals surface area contributed by atoms with Gasteiger partial charge < -0.3 is 10.1 Å². The lowest BCUT2D eigenvalue weighted by Crippen LogP contribution is -2.36. The highest BCUT2D eigenvalue weighted by molar-refractivity contribution is 7.99. The van der Waals surface area contributed by atoms with Crippen LogP contribution >= 0.6 is 23.1 Å². The maximum atomic E-state index is 5.44. The molecule has 0 amide bonds. The summed E-state index contributed by atoms with van der Waals surface area (Å²) in [6.45, 7) is 14.0. The van der Waals surface area contributed by atoms with Gasteiger partial charge in [-0.05, 0) is 39.5 Å². The third kappa shape index (κ3) is 4.45. The summed E-state index contributed by atoms with van der Waals surface area (Å²) in [6.07, 6.45) is 2.15. The van der Waals surface area contributed by atoms with E-state index in [1.165, 1.54) is 15.8 Å². The van der Waals surface area contributed by atoms with Crippen molar-refractivity contribution in [1.29, 1.82) is 0 Å². The predicted octanol–water partition coefficient (Wildman–Crippen LogP) is 3.69. The molecular weight excluding hydrogens is 352 g/mol. The maximum Gasteiger partial charge on any atom is 0.146 e. The molecule has 0 radical (unpaired) electrons. The largest absolute Gasteiger partial charge is 0.379 e. The van der Waals surface area contributed by atoms with Crippen molar-refractivity contribution in [3.05, 3.63) is 16.3 Å². The molecule has 2 aromatic rings. The maximum absolute atomic E-state index is 5.44. The topological polar surface area (TPSA) is 50.3 Å². The van der Waals surface area contributed by atoms with Gasteiger partial charge >= 0.3 is 0 Å². The molecule has 1 N–H and O–H groups in total. The van der Waals surface area contributed by atoms with Gasteiger partial charge in [0.15, 0.2) is 0 Å². The van der Waals surface area contributed by atoms with E-state index in [1.54, 1.807) is 11.3 Å². The normalized spacial score (nSPS) is 16.5. The summed E-state index contributed by atoms with van der Waals surface area (Å²) in [5.41, 5.74) is 1.29. The number of hydrogen-bond acceptors (Lipinski definition) is 7. The van der Waals surface area contributed by atoms with Gasteiger partial charge in [-0.1, -0.05) is 0 Å². The summed E-state index contributed by atoms with van der Waals surface area (Å²) in [6, 6.07) is 0. The van der Waals surface area contributed by atoms with Crippen LogP contribution in [0.15, 0.2) is 0 Å². The lowest BCUT2D eigenvalue weighted by molar-refractivity contribution is 0.0331. The highest BCUT2D eigenvalue weighted by atomic mass is 32.2. The molecule has 1 aliphatic rings. The van der Waals surface area contributed by atoms with E-state index < -0.39 is 0 Å². The zero-order chi connectivity index (χ0) is 18.0. The average Bonchev–Trinajstić information content (AvgIpc) is 2.88. The smallest absolute Gasteiger partial charge is 0.146 e. The monoisotopic (exact) mass is 380 g/mol. The molecule has 1 fully saturated rings. The fraction of sp³-hybridized carbons (Fsp3) is 0.667. The Morgan fingerprint density at radius 2 is 1.96 bits per heavy atom. The first-order valence-electron chi connectivity index (χ1n) is 8.75. The zero-order valence-electron chi connectivity index (χ0n) is 15.8. The quantitative estimate of drug-likeness (QED) is 0.825. The number of nitrogens with one attached hydrogen (secondary N) is 1. The number of rotatable bonds is 6. The first-order chi connectivity index (χ1) is 11.9. The molecule has 3 rings (SSSR count). The molecule has 25 heavy (non-hydrogen) atoms. The highest BCUT2D eigenvalue weighted by Gasteiger charge is 2.20. The van der Waals surface area contributed by atoms with Crippen LogP contribution in [-0.4, -0.2) is 58.7 Å². The van der Waals surface area contributed by atoms with Crippen molar-refractivity contribution in [1.82, 2.24) is 14.9 Å². The number of ether oxygens (including phenoxy) is 1. The minimum Gasteiger partial charge on any atom is -0.379 e. The predicted molar refractivity (Wildman–Crippen MR) is 109 cm³/mol. The molecule has 0 spiro atoms. The van der Waals surface area contributed by atoms with Crippen LogP contribution in [0.3, 0.4) is 0 Å². The Morgan fingerprint density at radius 1 is 1.24 bits per heavy atom. The Kier molecular flexibility index (Phi) is 5.88. The van der Waals surface area contributed by atoms with Crippen LogP contribution in [-0.2, 0) is 11.3 Å². The third-order valence-corrected chi connectivity index (χ3v) is 7.13. The molecule has 0 unspecified atom stereocenters. The summed E-state index contributed by atoms with van der Waals surface area (Å²) in [4.78, 5) is 14.5. The SMILES string of the molecule is CSC(C)(C)CNc1nc(CN2CCOCC2)nc2sc(C)c(C)c12. The van der Waals surface area contributed by atoms with Crippen molar-refractivity contribution in [3.8, 4) is 0 Å². The van der Waals surface area contributed by atoms with E-state index in [-0.39, 0.29) is 4.75 Å². The molecular formula is C18H28N4OS2. The lowest BCUT2D eigenvalue weighted by Gasteiger charge is -2.26. The zero-order valence-corrected chi connectivity index (χ0v) is 17.4. The first kappa shape index (κ1) is 18.9. The summed E-state index contributed by atoms with van der Waals surface area (Å²) >= 11 is 3.64. The minimum absolute atomic E-state index is 0.167. The van der Waals surface area contributed by atoms with Gasteiger partial charge in [0.25, 0.3) is 0 Å². The molecule has 3 heterocycles. The molecule has 7 heteroatoms. The number of nitrogens with zero attached hydrogens (tertiary/aromatic N) is 3. The number of fused-ring (bicyclic) bond motifs is 1. The van der Waals surface area contributed by atoms with E-state index in [4.69, 9.17) is 14.7 Å². The average molecular weight is 381 g/mol. The Balaban J connectivity index is 1.91. The van der Waals surface area contributed by atoms with Crippen LogP contribution in [0.25, 0.3) is 10.2 Å². The van der Waals surface area contributed by atoms with Crippen LogP contribution in [0, 0.1) is 13.8 Å². The van der Waals surface area contributed by atoms with Gasteiger partial charge in [0, 0.05) is 29.3 Å². The van der Waals surface area contributed by atoms with E-state index >= 15 is 0 Å². The molecule has 0 aliphatic carbocycles.